The van der Waals surface area contributed by atoms with Crippen LogP contribution in [0, 0.1) is 0 Å². The first-order valence-electron chi connectivity index (χ1n) is 12.9. The van der Waals surface area contributed by atoms with Crippen LogP contribution in [0.4, 0.5) is 21.4 Å². The zero-order valence-corrected chi connectivity index (χ0v) is 25.7. The summed E-state index contributed by atoms with van der Waals surface area (Å²) in [7, 11) is 1.59. The SMILES string of the molecule is Cn1c(N)c(NC(=O)OCCN)c[n+]1CC1=C(C(=O)O)N2C(=O)[C@@H](NC(=O)/C(=N\OC(C)(C)C(=O)O)c3nsc(N)n3)[C@H]2SC1. The summed E-state index contributed by atoms with van der Waals surface area (Å²) < 4.78 is 11.8. The number of ether oxygens (including phenoxy) is 1. The Labute approximate surface area is 262 Å². The van der Waals surface area contributed by atoms with E-state index in [9.17, 15) is 34.2 Å². The number of carbonyl (C=O) groups excluding carboxylic acids is 3. The van der Waals surface area contributed by atoms with Crippen LogP contribution >= 0.6 is 23.3 Å². The minimum atomic E-state index is -1.82. The van der Waals surface area contributed by atoms with Gasteiger partial charge in [0.1, 0.15) is 23.7 Å². The van der Waals surface area contributed by atoms with Gasteiger partial charge >= 0.3 is 18.0 Å². The normalized spacial score (nSPS) is 18.2. The zero-order valence-electron chi connectivity index (χ0n) is 24.0. The van der Waals surface area contributed by atoms with Gasteiger partial charge in [-0.3, -0.25) is 19.8 Å². The molecule has 2 aromatic heterocycles. The second-order valence-electron chi connectivity index (χ2n) is 10.0. The molecule has 0 aromatic carbocycles. The Morgan fingerprint density at radius 2 is 1.98 bits per heavy atom. The number of amides is 3. The van der Waals surface area contributed by atoms with Gasteiger partial charge in [-0.05, 0) is 13.8 Å². The summed E-state index contributed by atoms with van der Waals surface area (Å²) in [5, 5.41) is 27.2. The molecule has 0 unspecified atom stereocenters. The number of nitrogens with two attached hydrogens (primary N) is 3. The standard InChI is InChI=1S/C23H29N11O9S2/c1-23(2,20(39)40)43-30-11(15-29-21(26)45-31-15)16(35)28-12-17(36)34-13(19(37)38)9(8-44-18(12)34)6-33-7-10(14(25)32(33)3)27-22(41)42-5-4-24/h7,12,18,25H,4-6,8,24H2,1-3H3,(H6,26,27,28,29,31,35,37,38,39,40,41)/p+1/b30-11-/t12-,18-/m1/s1. The summed E-state index contributed by atoms with van der Waals surface area (Å²) in [5.41, 5.74) is 15.0. The van der Waals surface area contributed by atoms with Gasteiger partial charge in [0.25, 0.3) is 11.8 Å². The average Bonchev–Trinajstić information content (AvgIpc) is 3.52. The van der Waals surface area contributed by atoms with E-state index in [0.717, 1.165) is 16.4 Å². The minimum Gasteiger partial charge on any atom is -0.478 e. The third kappa shape index (κ3) is 6.76. The first-order chi connectivity index (χ1) is 21.2. The van der Waals surface area contributed by atoms with Gasteiger partial charge in [-0.15, -0.1) is 21.1 Å². The molecule has 22 heteroatoms. The van der Waals surface area contributed by atoms with E-state index in [0.29, 0.717) is 5.57 Å². The average molecular weight is 669 g/mol. The molecule has 10 N–H and O–H groups in total. The second kappa shape index (κ2) is 13.0. The fourth-order valence-electron chi connectivity index (χ4n) is 4.08. The molecule has 2 aliphatic rings. The number of hydrogen-bond acceptors (Lipinski definition) is 15. The molecule has 20 nitrogen and oxygen atoms in total. The summed E-state index contributed by atoms with van der Waals surface area (Å²) >= 11 is 1.95. The lowest BCUT2D eigenvalue weighted by atomic mass is 10.0. The number of thioether (sulfide) groups is 1. The maximum atomic E-state index is 13.2. The van der Waals surface area contributed by atoms with Crippen molar-refractivity contribution in [1.29, 1.82) is 0 Å². The molecule has 1 fully saturated rings. The van der Waals surface area contributed by atoms with Gasteiger partial charge in [-0.2, -0.15) is 9.36 Å². The molecule has 242 valence electrons. The molecule has 2 aromatic rings. The summed E-state index contributed by atoms with van der Waals surface area (Å²) in [4.78, 5) is 72.3. The number of fused-ring (bicyclic) bond motifs is 1. The number of hydrogen-bond donors (Lipinski definition) is 7. The zero-order chi connectivity index (χ0) is 33.2. The third-order valence-electron chi connectivity index (χ3n) is 6.51. The lowest BCUT2D eigenvalue weighted by molar-refractivity contribution is -0.765. The molecule has 4 heterocycles. The van der Waals surface area contributed by atoms with E-state index < -0.39 is 52.6 Å². The molecule has 45 heavy (non-hydrogen) atoms. The van der Waals surface area contributed by atoms with Crippen LogP contribution in [0.1, 0.15) is 19.7 Å². The number of aliphatic carboxylic acids is 2. The van der Waals surface area contributed by atoms with Crippen molar-refractivity contribution in [3.8, 4) is 0 Å². The highest BCUT2D eigenvalue weighted by molar-refractivity contribution is 8.00. The third-order valence-corrected chi connectivity index (χ3v) is 8.40. The molecule has 2 atom stereocenters. The van der Waals surface area contributed by atoms with Gasteiger partial charge in [0, 0.05) is 29.4 Å². The summed E-state index contributed by atoms with van der Waals surface area (Å²) in [5.74, 6) is -4.36. The Balaban J connectivity index is 1.54. The Kier molecular flexibility index (Phi) is 9.48. The highest BCUT2D eigenvalue weighted by atomic mass is 32.2. The predicted molar refractivity (Wildman–Crippen MR) is 157 cm³/mol. The number of aromatic nitrogens is 4. The fraction of sp³-hybridized carbons (Fsp3) is 0.435. The van der Waals surface area contributed by atoms with Gasteiger partial charge in [0.15, 0.2) is 23.2 Å². The number of β-lactam (4-membered cyclic amide) rings is 1. The minimum absolute atomic E-state index is 0.00168. The van der Waals surface area contributed by atoms with E-state index in [1.807, 2.05) is 0 Å². The molecule has 0 bridgehead atoms. The largest absolute Gasteiger partial charge is 0.478 e. The highest BCUT2D eigenvalue weighted by Gasteiger charge is 2.55. The van der Waals surface area contributed by atoms with E-state index >= 15 is 0 Å². The topological polar surface area (TPSA) is 297 Å². The van der Waals surface area contributed by atoms with Crippen LogP contribution in [-0.4, -0.2) is 101 Å². The number of carbonyl (C=O) groups is 5. The molecular weight excluding hydrogens is 638 g/mol. The van der Waals surface area contributed by atoms with Gasteiger partial charge in [-0.1, -0.05) is 5.16 Å². The maximum absolute atomic E-state index is 13.2. The highest BCUT2D eigenvalue weighted by Crippen LogP contribution is 2.40. The van der Waals surface area contributed by atoms with Crippen molar-refractivity contribution in [2.45, 2.75) is 37.4 Å². The Morgan fingerprint density at radius 1 is 1.27 bits per heavy atom. The number of nitrogens with zero attached hydrogens (tertiary/aromatic N) is 6. The predicted octanol–water partition coefficient (Wildman–Crippen LogP) is -2.14. The lowest BCUT2D eigenvalue weighted by Gasteiger charge is -2.49. The number of carboxylic acids is 2. The summed E-state index contributed by atoms with van der Waals surface area (Å²) in [6.45, 7) is 2.54. The fourth-order valence-corrected chi connectivity index (χ4v) is 5.85. The molecule has 0 aliphatic carbocycles. The molecule has 2 aliphatic heterocycles. The lowest BCUT2D eigenvalue weighted by Crippen LogP contribution is -2.71. The first kappa shape index (κ1) is 32.9. The molecule has 1 saturated heterocycles. The van der Waals surface area contributed by atoms with Crippen LogP contribution in [0.5, 0.6) is 0 Å². The van der Waals surface area contributed by atoms with Crippen LogP contribution < -0.4 is 32.5 Å². The van der Waals surface area contributed by atoms with E-state index in [1.54, 1.807) is 11.7 Å². The van der Waals surface area contributed by atoms with E-state index in [-0.39, 0.29) is 53.6 Å². The molecule has 4 rings (SSSR count). The Hall–Kier alpha value is -4.96. The number of rotatable bonds is 12. The monoisotopic (exact) mass is 668 g/mol. The van der Waals surface area contributed by atoms with Crippen LogP contribution in [-0.2, 0) is 42.3 Å². The van der Waals surface area contributed by atoms with E-state index in [1.165, 1.54) is 36.5 Å². The number of anilines is 3. The molecule has 0 radical (unpaired) electrons. The number of oxime groups is 1. The van der Waals surface area contributed by atoms with Gasteiger partial charge < -0.3 is 42.3 Å². The van der Waals surface area contributed by atoms with E-state index in [2.05, 4.69) is 25.1 Å². The van der Waals surface area contributed by atoms with Crippen LogP contribution in [0.3, 0.4) is 0 Å². The van der Waals surface area contributed by atoms with Crippen molar-refractivity contribution < 1.29 is 48.4 Å². The van der Waals surface area contributed by atoms with Crippen molar-refractivity contribution in [3.05, 3.63) is 23.3 Å². The number of nitrogens with one attached hydrogen (secondary N) is 2. The smallest absolute Gasteiger partial charge is 0.411 e. The number of nitrogen functional groups attached to an aromatic ring is 2. The van der Waals surface area contributed by atoms with Crippen molar-refractivity contribution in [2.24, 2.45) is 17.9 Å². The van der Waals surface area contributed by atoms with Crippen LogP contribution in [0.2, 0.25) is 0 Å². The van der Waals surface area contributed by atoms with Crippen LogP contribution in [0.25, 0.3) is 0 Å². The van der Waals surface area contributed by atoms with Gasteiger partial charge in [0.2, 0.25) is 23.3 Å². The molecule has 0 saturated carbocycles. The Bertz CT molecular complexity index is 1620. The summed E-state index contributed by atoms with van der Waals surface area (Å²) in [6, 6.07) is -1.17. The second-order valence-corrected chi connectivity index (χ2v) is 11.9. The Morgan fingerprint density at radius 3 is 2.58 bits per heavy atom. The molecular formula is C23H30N11O9S2+. The van der Waals surface area contributed by atoms with Crippen molar-refractivity contribution in [3.63, 3.8) is 0 Å². The summed E-state index contributed by atoms with van der Waals surface area (Å²) in [6.07, 6.45) is 0.710. The quantitative estimate of drug-likeness (QED) is 0.0549. The molecule has 3 amide bonds. The van der Waals surface area contributed by atoms with Crippen molar-refractivity contribution in [1.82, 2.24) is 24.3 Å². The first-order valence-corrected chi connectivity index (χ1v) is 14.8. The molecule has 0 spiro atoms. The maximum Gasteiger partial charge on any atom is 0.411 e. The van der Waals surface area contributed by atoms with Gasteiger partial charge in [-0.25, -0.2) is 14.4 Å². The van der Waals surface area contributed by atoms with E-state index in [4.69, 9.17) is 26.8 Å². The van der Waals surface area contributed by atoms with Crippen molar-refractivity contribution in [2.75, 3.05) is 35.7 Å². The van der Waals surface area contributed by atoms with Crippen molar-refractivity contribution >= 4 is 75.5 Å². The number of carboxylic acid groups (broad SMARTS) is 2. The van der Waals surface area contributed by atoms with Crippen LogP contribution in [0.15, 0.2) is 22.6 Å². The van der Waals surface area contributed by atoms with Gasteiger partial charge in [0.05, 0.1) is 7.05 Å².